The number of halogens is 1. The molecule has 6 nitrogen and oxygen atoms in total. The molecule has 33 heavy (non-hydrogen) atoms. The third-order valence-corrected chi connectivity index (χ3v) is 6.91. The fraction of sp³-hybridized carbons (Fsp3) is 0.269. The number of nitrogens with zero attached hydrogens (tertiary/aromatic N) is 4. The van der Waals surface area contributed by atoms with Crippen molar-refractivity contribution in [3.63, 3.8) is 0 Å². The molecule has 4 aromatic rings. The van der Waals surface area contributed by atoms with Crippen LogP contribution in [0.1, 0.15) is 24.8 Å². The van der Waals surface area contributed by atoms with E-state index in [1.807, 2.05) is 6.07 Å². The first-order chi connectivity index (χ1) is 16.1. The van der Waals surface area contributed by atoms with E-state index in [2.05, 4.69) is 20.8 Å². The van der Waals surface area contributed by atoms with Crippen molar-refractivity contribution in [1.82, 2.24) is 15.0 Å². The zero-order valence-electron chi connectivity index (χ0n) is 18.0. The van der Waals surface area contributed by atoms with Crippen molar-refractivity contribution in [2.45, 2.75) is 25.3 Å². The average Bonchev–Trinajstić information content (AvgIpc) is 3.18. The Kier molecular flexibility index (Phi) is 4.37. The Hall–Kier alpha value is -3.92. The molecule has 1 aliphatic heterocycles. The number of hydrogen-bond acceptors (Lipinski definition) is 6. The Morgan fingerprint density at radius 1 is 1.21 bits per heavy atom. The van der Waals surface area contributed by atoms with Gasteiger partial charge in [-0.15, -0.1) is 6.42 Å². The standard InChI is InChI=1S/C26H21FN4O2/c1-3-17-20(27)8-7-14-9-16(32)10-18(24(14)17)21-11-22-19(12-28-26(30-22)33-2)25(29-21)31-13-15-5-4-6-23(15)31/h1,7-12,15,23,32H,4-6,13H2,2H3. The van der Waals surface area contributed by atoms with Gasteiger partial charge in [0.15, 0.2) is 0 Å². The number of pyridine rings is 1. The van der Waals surface area contributed by atoms with Crippen molar-refractivity contribution in [1.29, 1.82) is 0 Å². The molecule has 3 heterocycles. The minimum absolute atomic E-state index is 0.0515. The largest absolute Gasteiger partial charge is 0.508 e. The van der Waals surface area contributed by atoms with Crippen molar-refractivity contribution in [3.8, 4) is 35.4 Å². The summed E-state index contributed by atoms with van der Waals surface area (Å²) >= 11 is 0. The highest BCUT2D eigenvalue weighted by Crippen LogP contribution is 2.44. The lowest BCUT2D eigenvalue weighted by molar-refractivity contribution is 0.337. The molecule has 2 atom stereocenters. The van der Waals surface area contributed by atoms with Crippen LogP contribution in [0.15, 0.2) is 36.5 Å². The minimum Gasteiger partial charge on any atom is -0.508 e. The zero-order chi connectivity index (χ0) is 22.7. The molecular formula is C26H21FN4O2. The highest BCUT2D eigenvalue weighted by molar-refractivity contribution is 6.03. The lowest BCUT2D eigenvalue weighted by Crippen LogP contribution is -2.53. The van der Waals surface area contributed by atoms with Crippen molar-refractivity contribution in [3.05, 3.63) is 47.9 Å². The Morgan fingerprint density at radius 2 is 2.09 bits per heavy atom. The summed E-state index contributed by atoms with van der Waals surface area (Å²) in [5.74, 6) is 3.52. The predicted molar refractivity (Wildman–Crippen MR) is 125 cm³/mol. The van der Waals surface area contributed by atoms with Gasteiger partial charge in [-0.05, 0) is 48.4 Å². The van der Waals surface area contributed by atoms with Crippen molar-refractivity contribution >= 4 is 27.5 Å². The molecule has 2 aliphatic rings. The number of anilines is 1. The van der Waals surface area contributed by atoms with Crippen LogP contribution in [0.25, 0.3) is 32.9 Å². The van der Waals surface area contributed by atoms with Crippen LogP contribution in [0.4, 0.5) is 10.2 Å². The van der Waals surface area contributed by atoms with E-state index in [0.29, 0.717) is 39.5 Å². The van der Waals surface area contributed by atoms with E-state index in [1.165, 1.54) is 26.0 Å². The topological polar surface area (TPSA) is 71.4 Å². The average molecular weight is 440 g/mol. The van der Waals surface area contributed by atoms with E-state index in [0.717, 1.165) is 24.2 Å². The summed E-state index contributed by atoms with van der Waals surface area (Å²) in [6.45, 7) is 0.938. The molecule has 2 unspecified atom stereocenters. The fourth-order valence-electron chi connectivity index (χ4n) is 5.35. The monoisotopic (exact) mass is 440 g/mol. The van der Waals surface area contributed by atoms with E-state index in [9.17, 15) is 9.50 Å². The number of rotatable bonds is 3. The first kappa shape index (κ1) is 19.7. The van der Waals surface area contributed by atoms with E-state index in [-0.39, 0.29) is 17.3 Å². The molecule has 6 rings (SSSR count). The fourth-order valence-corrected chi connectivity index (χ4v) is 5.35. The Bertz CT molecular complexity index is 1480. The number of terminal acetylenes is 1. The van der Waals surface area contributed by atoms with Crippen LogP contribution in [0.3, 0.4) is 0 Å². The summed E-state index contributed by atoms with van der Waals surface area (Å²) in [7, 11) is 1.52. The molecule has 0 radical (unpaired) electrons. The van der Waals surface area contributed by atoms with E-state index < -0.39 is 5.82 Å². The predicted octanol–water partition coefficient (Wildman–Crippen LogP) is 4.67. The summed E-state index contributed by atoms with van der Waals surface area (Å²) in [6.07, 6.45) is 11.0. The number of phenols is 1. The molecule has 1 saturated heterocycles. The molecular weight excluding hydrogens is 419 g/mol. The number of phenolic OH excluding ortho intramolecular Hbond substituents is 1. The highest BCUT2D eigenvalue weighted by atomic mass is 19.1. The van der Waals surface area contributed by atoms with E-state index in [1.54, 1.807) is 24.4 Å². The van der Waals surface area contributed by atoms with Crippen LogP contribution in [-0.4, -0.2) is 39.8 Å². The maximum atomic E-state index is 14.6. The van der Waals surface area contributed by atoms with Crippen LogP contribution >= 0.6 is 0 Å². The second-order valence-corrected chi connectivity index (χ2v) is 8.69. The van der Waals surface area contributed by atoms with Crippen LogP contribution in [0.5, 0.6) is 11.8 Å². The van der Waals surface area contributed by atoms with Gasteiger partial charge in [0.25, 0.3) is 0 Å². The number of hydrogen-bond donors (Lipinski definition) is 1. The van der Waals surface area contributed by atoms with Gasteiger partial charge in [-0.25, -0.2) is 14.4 Å². The quantitative estimate of drug-likeness (QED) is 0.467. The molecule has 0 spiro atoms. The van der Waals surface area contributed by atoms with Crippen LogP contribution in [0, 0.1) is 24.1 Å². The van der Waals surface area contributed by atoms with Gasteiger partial charge in [0.1, 0.15) is 17.4 Å². The van der Waals surface area contributed by atoms with Gasteiger partial charge >= 0.3 is 6.01 Å². The molecule has 1 saturated carbocycles. The number of fused-ring (bicyclic) bond motifs is 3. The number of aromatic nitrogens is 3. The lowest BCUT2D eigenvalue weighted by atomic mass is 9.91. The van der Waals surface area contributed by atoms with Gasteiger partial charge in [-0.2, -0.15) is 4.98 Å². The van der Waals surface area contributed by atoms with Gasteiger partial charge < -0.3 is 14.7 Å². The summed E-state index contributed by atoms with van der Waals surface area (Å²) in [6, 6.07) is 8.60. The van der Waals surface area contributed by atoms with Gasteiger partial charge in [0.05, 0.1) is 29.3 Å². The molecule has 7 heteroatoms. The summed E-state index contributed by atoms with van der Waals surface area (Å²) in [4.78, 5) is 16.2. The second-order valence-electron chi connectivity index (χ2n) is 8.69. The van der Waals surface area contributed by atoms with Crippen LogP contribution < -0.4 is 9.64 Å². The smallest absolute Gasteiger partial charge is 0.316 e. The van der Waals surface area contributed by atoms with Gasteiger partial charge in [-0.1, -0.05) is 18.4 Å². The molecule has 2 fully saturated rings. The number of aromatic hydroxyl groups is 1. The molecule has 2 aromatic heterocycles. The molecule has 1 aliphatic carbocycles. The minimum atomic E-state index is -0.488. The summed E-state index contributed by atoms with van der Waals surface area (Å²) in [5.41, 5.74) is 1.92. The summed E-state index contributed by atoms with van der Waals surface area (Å²) < 4.78 is 19.9. The van der Waals surface area contributed by atoms with E-state index in [4.69, 9.17) is 16.1 Å². The van der Waals surface area contributed by atoms with Crippen molar-refractivity contribution < 1.29 is 14.2 Å². The van der Waals surface area contributed by atoms with E-state index >= 15 is 0 Å². The maximum absolute atomic E-state index is 14.6. The third-order valence-electron chi connectivity index (χ3n) is 6.91. The number of methoxy groups -OCH3 is 1. The first-order valence-corrected chi connectivity index (χ1v) is 11.0. The highest BCUT2D eigenvalue weighted by Gasteiger charge is 2.43. The molecule has 1 N–H and O–H groups in total. The maximum Gasteiger partial charge on any atom is 0.316 e. The van der Waals surface area contributed by atoms with Crippen LogP contribution in [0.2, 0.25) is 0 Å². The van der Waals surface area contributed by atoms with Crippen LogP contribution in [-0.2, 0) is 0 Å². The summed E-state index contributed by atoms with van der Waals surface area (Å²) in [5, 5.41) is 12.4. The van der Waals surface area contributed by atoms with Gasteiger partial charge in [-0.3, -0.25) is 0 Å². The molecule has 0 amide bonds. The first-order valence-electron chi connectivity index (χ1n) is 11.0. The third kappa shape index (κ3) is 2.98. The van der Waals surface area contributed by atoms with Gasteiger partial charge in [0, 0.05) is 29.7 Å². The van der Waals surface area contributed by atoms with Crippen molar-refractivity contribution in [2.24, 2.45) is 5.92 Å². The Balaban J connectivity index is 1.64. The van der Waals surface area contributed by atoms with Gasteiger partial charge in [0.2, 0.25) is 0 Å². The number of ether oxygens (including phenoxy) is 1. The normalized spacial score (nSPS) is 19.4. The zero-order valence-corrected chi connectivity index (χ0v) is 18.0. The molecule has 2 aromatic carbocycles. The Labute approximate surface area is 190 Å². The number of benzene rings is 2. The SMILES string of the molecule is C#Cc1c(F)ccc2cc(O)cc(-c3cc4nc(OC)ncc4c(N4CC5CCCC54)n3)c12. The second kappa shape index (κ2) is 7.31. The Morgan fingerprint density at radius 3 is 2.88 bits per heavy atom. The lowest BCUT2D eigenvalue weighted by Gasteiger charge is -2.46. The molecule has 164 valence electrons. The van der Waals surface area contributed by atoms with Crippen molar-refractivity contribution in [2.75, 3.05) is 18.6 Å². The molecule has 0 bridgehead atoms.